The van der Waals surface area contributed by atoms with Gasteiger partial charge < -0.3 is 9.47 Å². The minimum Gasteiger partial charge on any atom is -0.443 e. The third kappa shape index (κ3) is 5.19. The van der Waals surface area contributed by atoms with Gasteiger partial charge in [0.15, 0.2) is 0 Å². The highest BCUT2D eigenvalue weighted by atomic mass is 35.5. The number of rotatable bonds is 2. The molecule has 0 N–H and O–H groups in total. The van der Waals surface area contributed by atoms with Gasteiger partial charge in [-0.15, -0.1) is 0 Å². The molecule has 0 aliphatic carbocycles. The second-order valence-electron chi connectivity index (χ2n) is 10.7. The Balaban J connectivity index is 2.01. The fourth-order valence-electron chi connectivity index (χ4n) is 4.03. The molecule has 0 radical (unpaired) electrons. The zero-order valence-electron chi connectivity index (χ0n) is 21.7. The lowest BCUT2D eigenvalue weighted by atomic mass is 10.0. The van der Waals surface area contributed by atoms with Crippen LogP contribution in [0.3, 0.4) is 0 Å². The van der Waals surface area contributed by atoms with Crippen LogP contribution in [0.25, 0.3) is 11.4 Å². The van der Waals surface area contributed by atoms with Gasteiger partial charge >= 0.3 is 12.2 Å². The number of nitrogens with zero attached hydrogens (tertiary/aromatic N) is 2. The number of ether oxygens (including phenoxy) is 2. The van der Waals surface area contributed by atoms with Gasteiger partial charge in [0, 0.05) is 10.0 Å². The van der Waals surface area contributed by atoms with Crippen molar-refractivity contribution in [3.8, 4) is 0 Å². The number of benzene rings is 2. The van der Waals surface area contributed by atoms with Crippen LogP contribution in [0, 0.1) is 0 Å². The maximum atomic E-state index is 14.0. The SMILES string of the molecule is CC(C)(C)OC(=O)N1C(=O)C2=C(c3ccc(Cl)cc3)N(C(=O)OC(C)(C)C)C(=O)C2=C1c1ccc(Cl)cc1. The molecule has 0 atom stereocenters. The van der Waals surface area contributed by atoms with Gasteiger partial charge in [-0.25, -0.2) is 19.4 Å². The van der Waals surface area contributed by atoms with E-state index in [1.165, 1.54) is 0 Å². The second-order valence-corrected chi connectivity index (χ2v) is 11.6. The lowest BCUT2D eigenvalue weighted by Crippen LogP contribution is -2.40. The molecule has 2 aromatic carbocycles. The van der Waals surface area contributed by atoms with E-state index >= 15 is 0 Å². The third-order valence-electron chi connectivity index (χ3n) is 5.39. The zero-order valence-corrected chi connectivity index (χ0v) is 23.2. The maximum absolute atomic E-state index is 14.0. The monoisotopic (exact) mass is 556 g/mol. The van der Waals surface area contributed by atoms with E-state index in [1.807, 2.05) is 0 Å². The Labute approximate surface area is 230 Å². The first-order valence-electron chi connectivity index (χ1n) is 11.7. The fourth-order valence-corrected chi connectivity index (χ4v) is 4.28. The first-order valence-corrected chi connectivity index (χ1v) is 12.5. The first-order chi connectivity index (χ1) is 17.6. The predicted octanol–water partition coefficient (Wildman–Crippen LogP) is 6.67. The van der Waals surface area contributed by atoms with Crippen LogP contribution in [0.4, 0.5) is 9.59 Å². The van der Waals surface area contributed by atoms with Gasteiger partial charge in [0.25, 0.3) is 11.8 Å². The minimum absolute atomic E-state index is 0.0153. The number of fused-ring (bicyclic) bond motifs is 1. The number of carbonyl (C=O) groups excluding carboxylic acids is 4. The Bertz CT molecular complexity index is 1300. The second kappa shape index (κ2) is 9.60. The Morgan fingerprint density at radius 2 is 0.895 bits per heavy atom. The Morgan fingerprint density at radius 3 is 1.16 bits per heavy atom. The van der Waals surface area contributed by atoms with Crippen molar-refractivity contribution < 1.29 is 28.7 Å². The fraction of sp³-hybridized carbons (Fsp3) is 0.286. The molecule has 0 saturated carbocycles. The van der Waals surface area contributed by atoms with E-state index < -0.39 is 35.2 Å². The van der Waals surface area contributed by atoms with Gasteiger partial charge in [0.1, 0.15) is 11.2 Å². The summed E-state index contributed by atoms with van der Waals surface area (Å²) in [6, 6.07) is 12.6. The van der Waals surface area contributed by atoms with Crippen LogP contribution in [0.15, 0.2) is 59.7 Å². The predicted molar refractivity (Wildman–Crippen MR) is 143 cm³/mol. The average molecular weight is 557 g/mol. The molecule has 0 unspecified atom stereocenters. The van der Waals surface area contributed by atoms with Gasteiger partial charge in [0.2, 0.25) is 0 Å². The lowest BCUT2D eigenvalue weighted by Gasteiger charge is -2.27. The Morgan fingerprint density at radius 1 is 0.605 bits per heavy atom. The van der Waals surface area contributed by atoms with Crippen LogP contribution in [0.1, 0.15) is 52.7 Å². The zero-order chi connectivity index (χ0) is 28.2. The lowest BCUT2D eigenvalue weighted by molar-refractivity contribution is -0.123. The number of amides is 4. The summed E-state index contributed by atoms with van der Waals surface area (Å²) < 4.78 is 11.0. The van der Waals surface area contributed by atoms with Crippen molar-refractivity contribution in [1.82, 2.24) is 9.80 Å². The van der Waals surface area contributed by atoms with Crippen LogP contribution in [-0.4, -0.2) is 45.0 Å². The normalized spacial score (nSPS) is 15.9. The summed E-state index contributed by atoms with van der Waals surface area (Å²) in [5, 5.41) is 0.830. The Kier molecular flexibility index (Phi) is 6.93. The van der Waals surface area contributed by atoms with E-state index in [1.54, 1.807) is 90.1 Å². The summed E-state index contributed by atoms with van der Waals surface area (Å²) in [7, 11) is 0. The minimum atomic E-state index is -0.964. The number of carbonyl (C=O) groups is 4. The van der Waals surface area contributed by atoms with Gasteiger partial charge in [0.05, 0.1) is 22.5 Å². The summed E-state index contributed by atoms with van der Waals surface area (Å²) in [6.45, 7) is 9.97. The highest BCUT2D eigenvalue weighted by Crippen LogP contribution is 2.47. The van der Waals surface area contributed by atoms with E-state index in [0.717, 1.165) is 9.80 Å². The molecule has 0 fully saturated rings. The molecule has 2 aromatic rings. The molecule has 2 aliphatic heterocycles. The van der Waals surface area contributed by atoms with Crippen molar-refractivity contribution in [2.45, 2.75) is 52.7 Å². The number of imide groups is 2. The smallest absolute Gasteiger partial charge is 0.422 e. The molecule has 4 amide bonds. The van der Waals surface area contributed by atoms with Gasteiger partial charge in [-0.05, 0) is 76.9 Å². The van der Waals surface area contributed by atoms with Gasteiger partial charge in [-0.3, -0.25) is 9.59 Å². The number of halogens is 2. The van der Waals surface area contributed by atoms with E-state index in [0.29, 0.717) is 21.2 Å². The molecule has 198 valence electrons. The number of hydrogen-bond donors (Lipinski definition) is 0. The summed E-state index contributed by atoms with van der Waals surface area (Å²) in [5.41, 5.74) is -1.42. The average Bonchev–Trinajstić information content (AvgIpc) is 3.25. The molecule has 8 nitrogen and oxygen atoms in total. The molecule has 4 rings (SSSR count). The Hall–Kier alpha value is -3.62. The molecule has 10 heteroatoms. The standard InChI is InChI=1S/C28H26Cl2N2O6/c1-27(2,3)37-25(35)31-21(15-7-11-17(29)12-8-15)19-20(23(31)33)22(16-9-13-18(30)14-10-16)32(24(19)34)26(36)38-28(4,5)6/h7-14H,1-6H3. The van der Waals surface area contributed by atoms with E-state index in [9.17, 15) is 19.2 Å². The highest BCUT2D eigenvalue weighted by Gasteiger charge is 2.54. The van der Waals surface area contributed by atoms with Crippen LogP contribution in [0.2, 0.25) is 10.0 Å². The third-order valence-corrected chi connectivity index (χ3v) is 5.90. The molecule has 0 bridgehead atoms. The number of hydrogen-bond acceptors (Lipinski definition) is 6. The molecule has 0 spiro atoms. The van der Waals surface area contributed by atoms with Gasteiger partial charge in [-0.1, -0.05) is 47.5 Å². The van der Waals surface area contributed by atoms with E-state index in [2.05, 4.69) is 0 Å². The molecule has 38 heavy (non-hydrogen) atoms. The molecule has 2 aliphatic rings. The molecular formula is C28H26Cl2N2O6. The summed E-state index contributed by atoms with van der Waals surface area (Å²) in [5.74, 6) is -1.63. The quantitative estimate of drug-likeness (QED) is 0.410. The van der Waals surface area contributed by atoms with Crippen molar-refractivity contribution in [3.63, 3.8) is 0 Å². The topological polar surface area (TPSA) is 93.2 Å². The van der Waals surface area contributed by atoms with Crippen molar-refractivity contribution in [2.24, 2.45) is 0 Å². The maximum Gasteiger partial charge on any atom is 0.422 e. The molecule has 0 saturated heterocycles. The highest BCUT2D eigenvalue weighted by molar-refractivity contribution is 6.36. The summed E-state index contributed by atoms with van der Waals surface area (Å²) >= 11 is 12.1. The van der Waals surface area contributed by atoms with E-state index in [4.69, 9.17) is 32.7 Å². The van der Waals surface area contributed by atoms with Crippen LogP contribution in [-0.2, 0) is 19.1 Å². The van der Waals surface area contributed by atoms with Crippen molar-refractivity contribution in [1.29, 1.82) is 0 Å². The van der Waals surface area contributed by atoms with Crippen molar-refractivity contribution in [3.05, 3.63) is 80.8 Å². The van der Waals surface area contributed by atoms with Crippen LogP contribution >= 0.6 is 23.2 Å². The summed E-state index contributed by atoms with van der Waals surface area (Å²) in [4.78, 5) is 56.2. The summed E-state index contributed by atoms with van der Waals surface area (Å²) in [6.07, 6.45) is -1.93. The van der Waals surface area contributed by atoms with Gasteiger partial charge in [-0.2, -0.15) is 0 Å². The largest absolute Gasteiger partial charge is 0.443 e. The molecule has 2 heterocycles. The molecular weight excluding hydrogens is 531 g/mol. The molecule has 0 aromatic heterocycles. The van der Waals surface area contributed by atoms with Crippen molar-refractivity contribution in [2.75, 3.05) is 0 Å². The van der Waals surface area contributed by atoms with Crippen LogP contribution < -0.4 is 0 Å². The van der Waals surface area contributed by atoms with Crippen LogP contribution in [0.5, 0.6) is 0 Å². The first kappa shape index (κ1) is 27.4. The van der Waals surface area contributed by atoms with Crippen molar-refractivity contribution >= 4 is 58.6 Å². The van der Waals surface area contributed by atoms with E-state index in [-0.39, 0.29) is 22.5 Å².